The first-order valence-corrected chi connectivity index (χ1v) is 6.46. The molecule has 1 atom stereocenters. The molecular weight excluding hydrogens is 228 g/mol. The zero-order valence-electron chi connectivity index (χ0n) is 11.4. The van der Waals surface area contributed by atoms with Crippen molar-refractivity contribution in [3.05, 3.63) is 18.0 Å². The van der Waals surface area contributed by atoms with Crippen LogP contribution in [-0.2, 0) is 5.54 Å². The van der Waals surface area contributed by atoms with E-state index in [1.54, 1.807) is 6.20 Å². The van der Waals surface area contributed by atoms with Gasteiger partial charge < -0.3 is 10.6 Å². The highest BCUT2D eigenvalue weighted by Gasteiger charge is 2.27. The van der Waals surface area contributed by atoms with E-state index in [1.807, 2.05) is 15.8 Å². The van der Waals surface area contributed by atoms with Gasteiger partial charge in [-0.2, -0.15) is 5.10 Å². The van der Waals surface area contributed by atoms with Gasteiger partial charge in [0.25, 0.3) is 5.91 Å². The lowest BCUT2D eigenvalue weighted by Crippen LogP contribution is -2.29. The fraction of sp³-hybridized carbons (Fsp3) is 0.692. The minimum absolute atomic E-state index is 0.0708. The monoisotopic (exact) mass is 250 g/mol. The van der Waals surface area contributed by atoms with Crippen LogP contribution in [0.25, 0.3) is 0 Å². The zero-order valence-corrected chi connectivity index (χ0v) is 11.4. The molecule has 5 nitrogen and oxygen atoms in total. The third-order valence-electron chi connectivity index (χ3n) is 3.42. The second-order valence-corrected chi connectivity index (χ2v) is 5.99. The average molecular weight is 250 g/mol. The number of hydrogen-bond donors (Lipinski definition) is 1. The van der Waals surface area contributed by atoms with Crippen molar-refractivity contribution in [3.8, 4) is 0 Å². The number of carbonyl (C=O) groups is 1. The lowest BCUT2D eigenvalue weighted by molar-refractivity contribution is 0.0787. The smallest absolute Gasteiger partial charge is 0.257 e. The molecule has 0 aliphatic carbocycles. The second-order valence-electron chi connectivity index (χ2n) is 5.99. The van der Waals surface area contributed by atoms with Crippen LogP contribution in [0, 0.1) is 5.92 Å². The maximum atomic E-state index is 12.3. The van der Waals surface area contributed by atoms with Crippen molar-refractivity contribution in [2.24, 2.45) is 11.7 Å². The minimum Gasteiger partial charge on any atom is -0.338 e. The summed E-state index contributed by atoms with van der Waals surface area (Å²) in [6.07, 6.45) is 4.50. The first kappa shape index (κ1) is 13.1. The molecule has 1 aromatic heterocycles. The molecule has 1 saturated heterocycles. The molecule has 1 aliphatic rings. The molecule has 0 unspecified atom stereocenters. The van der Waals surface area contributed by atoms with Crippen LogP contribution in [0.5, 0.6) is 0 Å². The maximum Gasteiger partial charge on any atom is 0.257 e. The summed E-state index contributed by atoms with van der Waals surface area (Å²) in [5.41, 5.74) is 6.22. The fourth-order valence-corrected chi connectivity index (χ4v) is 2.19. The van der Waals surface area contributed by atoms with Crippen LogP contribution in [0.2, 0.25) is 0 Å². The number of hydrogen-bond acceptors (Lipinski definition) is 3. The van der Waals surface area contributed by atoms with E-state index in [1.165, 1.54) is 0 Å². The fourth-order valence-electron chi connectivity index (χ4n) is 2.19. The van der Waals surface area contributed by atoms with Gasteiger partial charge in [-0.1, -0.05) is 0 Å². The highest BCUT2D eigenvalue weighted by atomic mass is 16.2. The van der Waals surface area contributed by atoms with Gasteiger partial charge in [-0.15, -0.1) is 0 Å². The second kappa shape index (κ2) is 4.72. The van der Waals surface area contributed by atoms with Gasteiger partial charge in [-0.05, 0) is 39.7 Å². The van der Waals surface area contributed by atoms with Crippen molar-refractivity contribution in [3.63, 3.8) is 0 Å². The third kappa shape index (κ3) is 2.56. The highest BCUT2D eigenvalue weighted by molar-refractivity contribution is 5.93. The molecule has 100 valence electrons. The van der Waals surface area contributed by atoms with Crippen molar-refractivity contribution >= 4 is 5.91 Å². The van der Waals surface area contributed by atoms with E-state index in [-0.39, 0.29) is 11.4 Å². The Bertz CT molecular complexity index is 432. The van der Waals surface area contributed by atoms with E-state index in [0.717, 1.165) is 19.5 Å². The van der Waals surface area contributed by atoms with Crippen LogP contribution in [0.3, 0.4) is 0 Å². The Kier molecular flexibility index (Phi) is 3.43. The predicted octanol–water partition coefficient (Wildman–Crippen LogP) is 1.06. The van der Waals surface area contributed by atoms with Crippen molar-refractivity contribution < 1.29 is 4.79 Å². The van der Waals surface area contributed by atoms with Crippen LogP contribution in [0.15, 0.2) is 12.4 Å². The number of nitrogens with zero attached hydrogens (tertiary/aromatic N) is 3. The summed E-state index contributed by atoms with van der Waals surface area (Å²) < 4.78 is 1.83. The van der Waals surface area contributed by atoms with E-state index in [0.29, 0.717) is 18.0 Å². The molecule has 5 heteroatoms. The van der Waals surface area contributed by atoms with Crippen LogP contribution in [-0.4, -0.2) is 40.2 Å². The number of carbonyl (C=O) groups excluding carboxylic acids is 1. The number of nitrogens with two attached hydrogens (primary N) is 1. The Morgan fingerprint density at radius 2 is 2.28 bits per heavy atom. The number of likely N-dealkylation sites (tertiary alicyclic amines) is 1. The van der Waals surface area contributed by atoms with Gasteiger partial charge in [0.05, 0.1) is 17.3 Å². The molecule has 18 heavy (non-hydrogen) atoms. The molecular formula is C13H22N4O. The maximum absolute atomic E-state index is 12.3. The zero-order chi connectivity index (χ0) is 13.3. The lowest BCUT2D eigenvalue weighted by atomic mass is 10.1. The highest BCUT2D eigenvalue weighted by Crippen LogP contribution is 2.19. The molecule has 2 heterocycles. The first-order valence-electron chi connectivity index (χ1n) is 6.46. The summed E-state index contributed by atoms with van der Waals surface area (Å²) in [6, 6.07) is 0. The van der Waals surface area contributed by atoms with Crippen LogP contribution in [0.4, 0.5) is 0 Å². The normalized spacial score (nSPS) is 20.4. The van der Waals surface area contributed by atoms with Crippen LogP contribution >= 0.6 is 0 Å². The van der Waals surface area contributed by atoms with Crippen molar-refractivity contribution in [1.29, 1.82) is 0 Å². The van der Waals surface area contributed by atoms with E-state index in [9.17, 15) is 4.79 Å². The third-order valence-corrected chi connectivity index (χ3v) is 3.42. The molecule has 2 rings (SSSR count). The Morgan fingerprint density at radius 3 is 2.78 bits per heavy atom. The van der Waals surface area contributed by atoms with Gasteiger partial charge in [0.1, 0.15) is 0 Å². The van der Waals surface area contributed by atoms with Gasteiger partial charge in [0, 0.05) is 19.3 Å². The summed E-state index contributed by atoms with van der Waals surface area (Å²) in [5, 5.41) is 4.26. The quantitative estimate of drug-likeness (QED) is 0.853. The topological polar surface area (TPSA) is 64.2 Å². The molecule has 0 aromatic carbocycles. The Balaban J connectivity index is 2.08. The van der Waals surface area contributed by atoms with Gasteiger partial charge in [0.15, 0.2) is 0 Å². The Hall–Kier alpha value is -1.36. The van der Waals surface area contributed by atoms with E-state index in [2.05, 4.69) is 25.9 Å². The average Bonchev–Trinajstić information content (AvgIpc) is 2.96. The molecule has 0 saturated carbocycles. The van der Waals surface area contributed by atoms with E-state index >= 15 is 0 Å². The molecule has 0 radical (unpaired) electrons. The van der Waals surface area contributed by atoms with Crippen molar-refractivity contribution in [2.75, 3.05) is 19.6 Å². The van der Waals surface area contributed by atoms with Crippen LogP contribution in [0.1, 0.15) is 37.6 Å². The van der Waals surface area contributed by atoms with Crippen molar-refractivity contribution in [2.45, 2.75) is 32.7 Å². The summed E-state index contributed by atoms with van der Waals surface area (Å²) in [7, 11) is 0. The standard InChI is InChI=1S/C13H22N4O/c1-13(2,3)17-9-11(7-15-17)12(18)16-5-4-10(6-14)8-16/h7,9-10H,4-6,8,14H2,1-3H3/t10-/m1/s1. The summed E-state index contributed by atoms with van der Waals surface area (Å²) in [6.45, 7) is 8.43. The Morgan fingerprint density at radius 1 is 1.56 bits per heavy atom. The minimum atomic E-state index is -0.0939. The SMILES string of the molecule is CC(C)(C)n1cc(C(=O)N2CC[C@H](CN)C2)cn1. The summed E-state index contributed by atoms with van der Waals surface area (Å²) in [5.74, 6) is 0.521. The molecule has 1 aromatic rings. The predicted molar refractivity (Wildman–Crippen MR) is 70.3 cm³/mol. The molecule has 2 N–H and O–H groups in total. The number of amides is 1. The largest absolute Gasteiger partial charge is 0.338 e. The summed E-state index contributed by atoms with van der Waals surface area (Å²) >= 11 is 0. The number of aromatic nitrogens is 2. The molecule has 1 fully saturated rings. The lowest BCUT2D eigenvalue weighted by Gasteiger charge is -2.19. The van der Waals surface area contributed by atoms with Crippen LogP contribution < -0.4 is 5.73 Å². The van der Waals surface area contributed by atoms with E-state index < -0.39 is 0 Å². The number of rotatable bonds is 2. The van der Waals surface area contributed by atoms with Crippen molar-refractivity contribution in [1.82, 2.24) is 14.7 Å². The summed E-state index contributed by atoms with van der Waals surface area (Å²) in [4.78, 5) is 14.2. The van der Waals surface area contributed by atoms with Gasteiger partial charge in [0.2, 0.25) is 0 Å². The molecule has 1 amide bonds. The van der Waals surface area contributed by atoms with Gasteiger partial charge >= 0.3 is 0 Å². The van der Waals surface area contributed by atoms with Gasteiger partial charge in [-0.3, -0.25) is 9.48 Å². The molecule has 0 bridgehead atoms. The molecule has 1 aliphatic heterocycles. The molecule has 0 spiro atoms. The Labute approximate surface area is 108 Å². The van der Waals surface area contributed by atoms with Gasteiger partial charge in [-0.25, -0.2) is 0 Å². The first-order chi connectivity index (χ1) is 8.41. The van der Waals surface area contributed by atoms with E-state index in [4.69, 9.17) is 5.73 Å².